The Morgan fingerprint density at radius 1 is 1.05 bits per heavy atom. The van der Waals surface area contributed by atoms with E-state index in [4.69, 9.17) is 11.6 Å². The Morgan fingerprint density at radius 3 is 2.40 bits per heavy atom. The standard InChI is InChI=1S/C16H16ClF2N/c1-10(2)20-9-12-4-3-11(7-15(12)18)14-6-5-13(17)8-16(14)19/h3-8,10,20H,9H2,1-2H3. The van der Waals surface area contributed by atoms with Gasteiger partial charge in [0, 0.05) is 28.7 Å². The minimum Gasteiger partial charge on any atom is -0.310 e. The van der Waals surface area contributed by atoms with Crippen molar-refractivity contribution in [2.45, 2.75) is 26.4 Å². The van der Waals surface area contributed by atoms with Crippen LogP contribution in [0.1, 0.15) is 19.4 Å². The fourth-order valence-electron chi connectivity index (χ4n) is 1.90. The molecular formula is C16H16ClF2N. The second-order valence-electron chi connectivity index (χ2n) is 4.97. The van der Waals surface area contributed by atoms with E-state index in [2.05, 4.69) is 5.32 Å². The van der Waals surface area contributed by atoms with E-state index in [1.807, 2.05) is 13.8 Å². The minimum atomic E-state index is -0.454. The van der Waals surface area contributed by atoms with Crippen LogP contribution in [0.5, 0.6) is 0 Å². The molecule has 4 heteroatoms. The highest BCUT2D eigenvalue weighted by molar-refractivity contribution is 6.30. The molecule has 0 spiro atoms. The Morgan fingerprint density at radius 2 is 1.80 bits per heavy atom. The Bertz CT molecular complexity index is 611. The Balaban J connectivity index is 2.28. The number of halogens is 3. The zero-order valence-corrected chi connectivity index (χ0v) is 12.1. The van der Waals surface area contributed by atoms with Crippen LogP contribution in [0, 0.1) is 11.6 Å². The number of nitrogens with one attached hydrogen (secondary N) is 1. The summed E-state index contributed by atoms with van der Waals surface area (Å²) in [5.41, 5.74) is 1.42. The maximum Gasteiger partial charge on any atom is 0.132 e. The van der Waals surface area contributed by atoms with Gasteiger partial charge < -0.3 is 5.32 Å². The summed E-state index contributed by atoms with van der Waals surface area (Å²) in [5, 5.41) is 3.47. The van der Waals surface area contributed by atoms with E-state index in [9.17, 15) is 8.78 Å². The zero-order valence-electron chi connectivity index (χ0n) is 11.4. The molecule has 1 N–H and O–H groups in total. The molecule has 20 heavy (non-hydrogen) atoms. The molecule has 0 aliphatic carbocycles. The molecule has 0 aliphatic rings. The van der Waals surface area contributed by atoms with Gasteiger partial charge in [-0.3, -0.25) is 0 Å². The van der Waals surface area contributed by atoms with Gasteiger partial charge in [0.2, 0.25) is 0 Å². The summed E-state index contributed by atoms with van der Waals surface area (Å²) in [7, 11) is 0. The molecule has 0 bridgehead atoms. The molecular weight excluding hydrogens is 280 g/mol. The molecule has 0 atom stereocenters. The van der Waals surface area contributed by atoms with Crippen molar-refractivity contribution in [3.8, 4) is 11.1 Å². The van der Waals surface area contributed by atoms with Crippen LogP contribution in [0.15, 0.2) is 36.4 Å². The lowest BCUT2D eigenvalue weighted by Crippen LogP contribution is -2.22. The van der Waals surface area contributed by atoms with Crippen LogP contribution in [-0.4, -0.2) is 6.04 Å². The summed E-state index contributed by atoms with van der Waals surface area (Å²) in [5.74, 6) is -0.796. The molecule has 0 amide bonds. The van der Waals surface area contributed by atoms with Gasteiger partial charge in [0.15, 0.2) is 0 Å². The monoisotopic (exact) mass is 295 g/mol. The first-order valence-electron chi connectivity index (χ1n) is 6.44. The molecule has 2 rings (SSSR count). The van der Waals surface area contributed by atoms with Crippen LogP contribution in [0.3, 0.4) is 0 Å². The van der Waals surface area contributed by atoms with Gasteiger partial charge in [-0.1, -0.05) is 37.6 Å². The molecule has 0 radical (unpaired) electrons. The molecule has 0 saturated carbocycles. The maximum atomic E-state index is 14.0. The van der Waals surface area contributed by atoms with E-state index in [1.165, 1.54) is 12.1 Å². The summed E-state index contributed by atoms with van der Waals surface area (Å²) in [6, 6.07) is 9.39. The predicted octanol–water partition coefficient (Wildman–Crippen LogP) is 4.78. The van der Waals surface area contributed by atoms with Gasteiger partial charge in [-0.05, 0) is 29.8 Å². The lowest BCUT2D eigenvalue weighted by atomic mass is 10.0. The maximum absolute atomic E-state index is 14.0. The van der Waals surface area contributed by atoms with Crippen molar-refractivity contribution in [1.29, 1.82) is 0 Å². The molecule has 0 aromatic heterocycles. The number of hydrogen-bond donors (Lipinski definition) is 1. The molecule has 0 aliphatic heterocycles. The van der Waals surface area contributed by atoms with Gasteiger partial charge in [0.05, 0.1) is 0 Å². The highest BCUT2D eigenvalue weighted by Gasteiger charge is 2.09. The second kappa shape index (κ2) is 6.33. The van der Waals surface area contributed by atoms with Crippen LogP contribution in [0.2, 0.25) is 5.02 Å². The van der Waals surface area contributed by atoms with Gasteiger partial charge in [-0.15, -0.1) is 0 Å². The first-order valence-corrected chi connectivity index (χ1v) is 6.82. The third-order valence-electron chi connectivity index (χ3n) is 3.00. The Hall–Kier alpha value is -1.45. The molecule has 1 nitrogen and oxygen atoms in total. The van der Waals surface area contributed by atoms with Crippen LogP contribution in [-0.2, 0) is 6.54 Å². The lowest BCUT2D eigenvalue weighted by molar-refractivity contribution is 0.553. The van der Waals surface area contributed by atoms with E-state index in [1.54, 1.807) is 24.3 Å². The van der Waals surface area contributed by atoms with Crippen molar-refractivity contribution in [2.24, 2.45) is 0 Å². The van der Waals surface area contributed by atoms with Crippen LogP contribution >= 0.6 is 11.6 Å². The Labute approximate surface area is 122 Å². The molecule has 106 valence electrons. The molecule has 0 heterocycles. The van der Waals surface area contributed by atoms with Crippen LogP contribution < -0.4 is 5.32 Å². The normalized spacial score (nSPS) is 11.1. The molecule has 0 unspecified atom stereocenters. The molecule has 2 aromatic rings. The van der Waals surface area contributed by atoms with E-state index < -0.39 is 5.82 Å². The van der Waals surface area contributed by atoms with Gasteiger partial charge in [0.1, 0.15) is 11.6 Å². The summed E-state index contributed by atoms with van der Waals surface area (Å²) in [6.45, 7) is 4.44. The fourth-order valence-corrected chi connectivity index (χ4v) is 2.05. The largest absolute Gasteiger partial charge is 0.310 e. The van der Waals surface area contributed by atoms with Crippen molar-refractivity contribution in [2.75, 3.05) is 0 Å². The smallest absolute Gasteiger partial charge is 0.132 e. The van der Waals surface area contributed by atoms with Crippen molar-refractivity contribution >= 4 is 11.6 Å². The van der Waals surface area contributed by atoms with E-state index in [-0.39, 0.29) is 11.9 Å². The molecule has 0 saturated heterocycles. The van der Waals surface area contributed by atoms with Gasteiger partial charge >= 0.3 is 0 Å². The summed E-state index contributed by atoms with van der Waals surface area (Å²) in [4.78, 5) is 0. The number of benzene rings is 2. The third kappa shape index (κ3) is 3.56. The predicted molar refractivity (Wildman–Crippen MR) is 78.8 cm³/mol. The van der Waals surface area contributed by atoms with Crippen molar-refractivity contribution in [1.82, 2.24) is 5.32 Å². The molecule has 0 fully saturated rings. The summed E-state index contributed by atoms with van der Waals surface area (Å²) < 4.78 is 27.8. The topological polar surface area (TPSA) is 12.0 Å². The van der Waals surface area contributed by atoms with Crippen molar-refractivity contribution < 1.29 is 8.78 Å². The SMILES string of the molecule is CC(C)NCc1ccc(-c2ccc(Cl)cc2F)cc1F. The lowest BCUT2D eigenvalue weighted by Gasteiger charge is -2.10. The van der Waals surface area contributed by atoms with Gasteiger partial charge in [0.25, 0.3) is 0 Å². The Kier molecular flexibility index (Phi) is 4.73. The van der Waals surface area contributed by atoms with Crippen molar-refractivity contribution in [3.63, 3.8) is 0 Å². The van der Waals surface area contributed by atoms with E-state index in [0.717, 1.165) is 0 Å². The van der Waals surface area contributed by atoms with E-state index in [0.29, 0.717) is 28.3 Å². The fraction of sp³-hybridized carbons (Fsp3) is 0.250. The zero-order chi connectivity index (χ0) is 14.7. The summed E-state index contributed by atoms with van der Waals surface area (Å²) >= 11 is 5.71. The highest BCUT2D eigenvalue weighted by atomic mass is 35.5. The van der Waals surface area contributed by atoms with Crippen molar-refractivity contribution in [3.05, 3.63) is 58.6 Å². The number of hydrogen-bond acceptors (Lipinski definition) is 1. The molecule has 2 aromatic carbocycles. The average molecular weight is 296 g/mol. The van der Waals surface area contributed by atoms with Crippen LogP contribution in [0.25, 0.3) is 11.1 Å². The summed E-state index contributed by atoms with van der Waals surface area (Å²) in [6.07, 6.45) is 0. The third-order valence-corrected chi connectivity index (χ3v) is 3.23. The first kappa shape index (κ1) is 14.9. The highest BCUT2D eigenvalue weighted by Crippen LogP contribution is 2.26. The van der Waals surface area contributed by atoms with Gasteiger partial charge in [-0.2, -0.15) is 0 Å². The first-order chi connectivity index (χ1) is 9.47. The quantitative estimate of drug-likeness (QED) is 0.855. The van der Waals surface area contributed by atoms with Crippen LogP contribution in [0.4, 0.5) is 8.78 Å². The average Bonchev–Trinajstić information content (AvgIpc) is 2.37. The minimum absolute atomic E-state index is 0.280. The van der Waals surface area contributed by atoms with Gasteiger partial charge in [-0.25, -0.2) is 8.78 Å². The second-order valence-corrected chi connectivity index (χ2v) is 5.40. The number of rotatable bonds is 4. The van der Waals surface area contributed by atoms with E-state index >= 15 is 0 Å².